The molecule has 0 aromatic rings. The maximum atomic E-state index is 12.0. The Bertz CT molecular complexity index is 338. The zero-order valence-electron chi connectivity index (χ0n) is 12.7. The van der Waals surface area contributed by atoms with Crippen molar-refractivity contribution in [2.75, 3.05) is 19.8 Å². The van der Waals surface area contributed by atoms with Gasteiger partial charge in [-0.1, -0.05) is 26.7 Å². The number of hydrogen-bond acceptors (Lipinski definition) is 3. The van der Waals surface area contributed by atoms with E-state index in [0.29, 0.717) is 32.6 Å². The van der Waals surface area contributed by atoms with Crippen molar-refractivity contribution >= 4 is 6.03 Å². The molecule has 5 nitrogen and oxygen atoms in total. The molecule has 0 aromatic carbocycles. The average molecular weight is 284 g/mol. The molecular weight excluding hydrogens is 256 g/mol. The minimum absolute atomic E-state index is 0.158. The van der Waals surface area contributed by atoms with Gasteiger partial charge in [0.05, 0.1) is 5.60 Å². The zero-order valence-corrected chi connectivity index (χ0v) is 12.7. The maximum Gasteiger partial charge on any atom is 0.315 e. The molecule has 1 heterocycles. The molecule has 2 amide bonds. The smallest absolute Gasteiger partial charge is 0.315 e. The van der Waals surface area contributed by atoms with Crippen molar-refractivity contribution in [2.24, 2.45) is 5.41 Å². The van der Waals surface area contributed by atoms with Gasteiger partial charge in [-0.3, -0.25) is 0 Å². The highest BCUT2D eigenvalue weighted by Crippen LogP contribution is 2.35. The first-order valence-corrected chi connectivity index (χ1v) is 7.76. The summed E-state index contributed by atoms with van der Waals surface area (Å²) in [5, 5.41) is 16.2. The molecule has 0 radical (unpaired) electrons. The maximum absolute atomic E-state index is 12.0. The summed E-state index contributed by atoms with van der Waals surface area (Å²) < 4.78 is 5.23. The Labute approximate surface area is 121 Å². The number of amides is 2. The molecule has 1 atom stereocenters. The molecule has 3 N–H and O–H groups in total. The van der Waals surface area contributed by atoms with Crippen LogP contribution in [-0.4, -0.2) is 42.5 Å². The van der Waals surface area contributed by atoms with Crippen LogP contribution in [0.15, 0.2) is 0 Å². The van der Waals surface area contributed by atoms with Crippen LogP contribution in [0.5, 0.6) is 0 Å². The molecule has 2 rings (SSSR count). The highest BCUT2D eigenvalue weighted by Gasteiger charge is 2.34. The van der Waals surface area contributed by atoms with E-state index in [4.69, 9.17) is 4.74 Å². The van der Waals surface area contributed by atoms with E-state index in [2.05, 4.69) is 24.5 Å². The van der Waals surface area contributed by atoms with Gasteiger partial charge in [0, 0.05) is 38.6 Å². The van der Waals surface area contributed by atoms with Crippen molar-refractivity contribution in [3.63, 3.8) is 0 Å². The van der Waals surface area contributed by atoms with Gasteiger partial charge in [-0.2, -0.15) is 0 Å². The SMILES string of the molecule is CC1(C)CCCCC1NC(=O)NCC1(O)CCOCC1. The number of carbonyl (C=O) groups is 1. The van der Waals surface area contributed by atoms with Crippen LogP contribution in [0.3, 0.4) is 0 Å². The molecular formula is C15H28N2O3. The van der Waals surface area contributed by atoms with Gasteiger partial charge in [0.2, 0.25) is 0 Å². The number of aliphatic hydroxyl groups is 1. The summed E-state index contributed by atoms with van der Waals surface area (Å²) in [6.07, 6.45) is 5.78. The van der Waals surface area contributed by atoms with Crippen LogP contribution in [0, 0.1) is 5.41 Å². The number of hydrogen-bond donors (Lipinski definition) is 3. The Balaban J connectivity index is 1.77. The van der Waals surface area contributed by atoms with E-state index in [1.54, 1.807) is 0 Å². The van der Waals surface area contributed by atoms with E-state index in [-0.39, 0.29) is 17.5 Å². The lowest BCUT2D eigenvalue weighted by Crippen LogP contribution is -2.54. The van der Waals surface area contributed by atoms with Gasteiger partial charge in [-0.15, -0.1) is 0 Å². The molecule has 0 aromatic heterocycles. The summed E-state index contributed by atoms with van der Waals surface area (Å²) in [5.41, 5.74) is -0.650. The molecule has 1 saturated heterocycles. The van der Waals surface area contributed by atoms with Gasteiger partial charge >= 0.3 is 6.03 Å². The third-order valence-electron chi connectivity index (χ3n) is 4.81. The van der Waals surface area contributed by atoms with Gasteiger partial charge in [0.1, 0.15) is 0 Å². The average Bonchev–Trinajstić information content (AvgIpc) is 2.40. The molecule has 1 unspecified atom stereocenters. The molecule has 2 fully saturated rings. The summed E-state index contributed by atoms with van der Waals surface area (Å²) in [4.78, 5) is 12.0. The largest absolute Gasteiger partial charge is 0.388 e. The van der Waals surface area contributed by atoms with Crippen LogP contribution in [0.4, 0.5) is 4.79 Å². The van der Waals surface area contributed by atoms with Crippen molar-refractivity contribution in [1.29, 1.82) is 0 Å². The molecule has 5 heteroatoms. The van der Waals surface area contributed by atoms with E-state index in [9.17, 15) is 9.90 Å². The molecule has 1 aliphatic heterocycles. The number of rotatable bonds is 3. The second kappa shape index (κ2) is 6.31. The lowest BCUT2D eigenvalue weighted by Gasteiger charge is -2.39. The topological polar surface area (TPSA) is 70.6 Å². The summed E-state index contributed by atoms with van der Waals surface area (Å²) in [5.74, 6) is 0. The van der Waals surface area contributed by atoms with E-state index in [0.717, 1.165) is 12.8 Å². The van der Waals surface area contributed by atoms with E-state index in [1.807, 2.05) is 0 Å². The number of ether oxygens (including phenoxy) is 1. The van der Waals surface area contributed by atoms with Crippen LogP contribution < -0.4 is 10.6 Å². The first kappa shape index (κ1) is 15.6. The van der Waals surface area contributed by atoms with Crippen LogP contribution in [0.1, 0.15) is 52.4 Å². The molecule has 1 aliphatic carbocycles. The summed E-state index contributed by atoms with van der Waals surface area (Å²) in [6, 6.07) is 0.0606. The highest BCUT2D eigenvalue weighted by atomic mass is 16.5. The second-order valence-electron chi connectivity index (χ2n) is 6.95. The van der Waals surface area contributed by atoms with Gasteiger partial charge in [-0.25, -0.2) is 4.79 Å². The molecule has 2 aliphatic rings. The predicted molar refractivity (Wildman–Crippen MR) is 77.6 cm³/mol. The summed E-state index contributed by atoms with van der Waals surface area (Å²) in [7, 11) is 0. The monoisotopic (exact) mass is 284 g/mol. The first-order chi connectivity index (χ1) is 9.41. The standard InChI is InChI=1S/C15H28N2O3/c1-14(2)6-4-3-5-12(14)17-13(18)16-11-15(19)7-9-20-10-8-15/h12,19H,3-11H2,1-2H3,(H2,16,17,18). The van der Waals surface area contributed by atoms with Crippen molar-refractivity contribution in [1.82, 2.24) is 10.6 Å². The normalized spacial score (nSPS) is 28.6. The lowest BCUT2D eigenvalue weighted by molar-refractivity contribution is -0.0601. The van der Waals surface area contributed by atoms with Crippen LogP contribution >= 0.6 is 0 Å². The van der Waals surface area contributed by atoms with E-state index in [1.165, 1.54) is 12.8 Å². The van der Waals surface area contributed by atoms with Crippen LogP contribution in [0.25, 0.3) is 0 Å². The third kappa shape index (κ3) is 4.09. The quantitative estimate of drug-likeness (QED) is 0.740. The molecule has 0 bridgehead atoms. The molecule has 1 saturated carbocycles. The van der Waals surface area contributed by atoms with Crippen LogP contribution in [0.2, 0.25) is 0 Å². The van der Waals surface area contributed by atoms with Crippen molar-refractivity contribution < 1.29 is 14.6 Å². The molecule has 0 spiro atoms. The van der Waals surface area contributed by atoms with Crippen molar-refractivity contribution in [3.05, 3.63) is 0 Å². The zero-order chi connectivity index (χ0) is 14.6. The lowest BCUT2D eigenvalue weighted by atomic mass is 9.73. The molecule has 116 valence electrons. The number of carbonyl (C=O) groups excluding carboxylic acids is 1. The Morgan fingerprint density at radius 1 is 1.25 bits per heavy atom. The fourth-order valence-corrected chi connectivity index (χ4v) is 3.14. The summed E-state index contributed by atoms with van der Waals surface area (Å²) in [6.45, 7) is 5.85. The first-order valence-electron chi connectivity index (χ1n) is 7.76. The van der Waals surface area contributed by atoms with Gasteiger partial charge in [-0.05, 0) is 18.3 Å². The Morgan fingerprint density at radius 3 is 2.60 bits per heavy atom. The van der Waals surface area contributed by atoms with Gasteiger partial charge in [0.25, 0.3) is 0 Å². The van der Waals surface area contributed by atoms with Crippen molar-refractivity contribution in [3.8, 4) is 0 Å². The second-order valence-corrected chi connectivity index (χ2v) is 6.95. The number of nitrogens with one attached hydrogen (secondary N) is 2. The van der Waals surface area contributed by atoms with Gasteiger partial charge in [0.15, 0.2) is 0 Å². The fraction of sp³-hybridized carbons (Fsp3) is 0.933. The predicted octanol–water partition coefficient (Wildman–Crippen LogP) is 1.80. The Hall–Kier alpha value is -0.810. The highest BCUT2D eigenvalue weighted by molar-refractivity contribution is 5.74. The third-order valence-corrected chi connectivity index (χ3v) is 4.81. The van der Waals surface area contributed by atoms with E-state index >= 15 is 0 Å². The number of urea groups is 1. The Kier molecular flexibility index (Phi) is 4.91. The minimum atomic E-state index is -0.808. The summed E-state index contributed by atoms with van der Waals surface area (Å²) >= 11 is 0. The Morgan fingerprint density at radius 2 is 1.95 bits per heavy atom. The fourth-order valence-electron chi connectivity index (χ4n) is 3.14. The van der Waals surface area contributed by atoms with E-state index < -0.39 is 5.60 Å². The van der Waals surface area contributed by atoms with Gasteiger partial charge < -0.3 is 20.5 Å². The molecule has 20 heavy (non-hydrogen) atoms. The van der Waals surface area contributed by atoms with Crippen molar-refractivity contribution in [2.45, 2.75) is 64.0 Å². The van der Waals surface area contributed by atoms with Crippen LogP contribution in [-0.2, 0) is 4.74 Å². The minimum Gasteiger partial charge on any atom is -0.388 e.